The number of aliphatic hydroxyl groups excluding tert-OH is 1. The van der Waals surface area contributed by atoms with E-state index in [9.17, 15) is 5.11 Å². The summed E-state index contributed by atoms with van der Waals surface area (Å²) in [4.78, 5) is 0. The van der Waals surface area contributed by atoms with Crippen molar-refractivity contribution < 1.29 is 5.11 Å². The van der Waals surface area contributed by atoms with Gasteiger partial charge in [-0.3, -0.25) is 0 Å². The van der Waals surface area contributed by atoms with Crippen LogP contribution < -0.4 is 0 Å². The molecule has 1 aromatic rings. The molecule has 1 rings (SSSR count). The molecular weight excluding hydrogens is 288 g/mol. The van der Waals surface area contributed by atoms with Crippen LogP contribution in [-0.2, 0) is 6.42 Å². The molecule has 22 heavy (non-hydrogen) atoms. The number of aryl methyl sites for hydroxylation is 1. The summed E-state index contributed by atoms with van der Waals surface area (Å²) in [6, 6.07) is 8.61. The Morgan fingerprint density at radius 2 is 1.59 bits per heavy atom. The molecule has 0 radical (unpaired) electrons. The maximum atomic E-state index is 10.7. The van der Waals surface area contributed by atoms with Gasteiger partial charge in [0, 0.05) is 4.75 Å². The smallest absolute Gasteiger partial charge is 0.0931 e. The molecule has 0 aliphatic rings. The lowest BCUT2D eigenvalue weighted by atomic mass is 9.96. The number of hydrogen-bond donors (Lipinski definition) is 1. The Kier molecular flexibility index (Phi) is 9.19. The Labute approximate surface area is 141 Å². The SMILES string of the molecule is CCCCCCc1ccc(C(O)C(C)(C)SCCCC)cc1. The van der Waals surface area contributed by atoms with Crippen molar-refractivity contribution in [3.8, 4) is 0 Å². The molecule has 1 nitrogen and oxygen atoms in total. The normalized spacial score (nSPS) is 13.3. The maximum absolute atomic E-state index is 10.7. The second-order valence-electron chi connectivity index (χ2n) is 6.76. The van der Waals surface area contributed by atoms with Crippen LogP contribution in [0, 0.1) is 0 Å². The van der Waals surface area contributed by atoms with Crippen LogP contribution in [-0.4, -0.2) is 15.6 Å². The molecule has 0 saturated carbocycles. The lowest BCUT2D eigenvalue weighted by Crippen LogP contribution is -2.26. The van der Waals surface area contributed by atoms with Gasteiger partial charge in [0.2, 0.25) is 0 Å². The summed E-state index contributed by atoms with van der Waals surface area (Å²) >= 11 is 1.88. The molecule has 1 atom stereocenters. The number of hydrogen-bond acceptors (Lipinski definition) is 2. The van der Waals surface area contributed by atoms with Gasteiger partial charge in [-0.25, -0.2) is 0 Å². The standard InChI is InChI=1S/C20H34OS/c1-5-7-9-10-11-17-12-14-18(15-13-17)19(21)20(3,4)22-16-8-6-2/h12-15,19,21H,5-11,16H2,1-4H3. The third kappa shape index (κ3) is 6.75. The van der Waals surface area contributed by atoms with Crippen LogP contribution in [0.15, 0.2) is 24.3 Å². The van der Waals surface area contributed by atoms with Crippen molar-refractivity contribution >= 4 is 11.8 Å². The summed E-state index contributed by atoms with van der Waals surface area (Å²) < 4.78 is -0.127. The number of unbranched alkanes of at least 4 members (excludes halogenated alkanes) is 4. The molecule has 0 aliphatic heterocycles. The number of aliphatic hydroxyl groups is 1. The van der Waals surface area contributed by atoms with Gasteiger partial charge < -0.3 is 5.11 Å². The van der Waals surface area contributed by atoms with Crippen LogP contribution in [0.25, 0.3) is 0 Å². The van der Waals surface area contributed by atoms with Gasteiger partial charge in [-0.05, 0) is 50.0 Å². The topological polar surface area (TPSA) is 20.2 Å². The molecule has 0 aliphatic carbocycles. The van der Waals surface area contributed by atoms with Crippen molar-refractivity contribution in [2.24, 2.45) is 0 Å². The van der Waals surface area contributed by atoms with Gasteiger partial charge in [0.05, 0.1) is 6.10 Å². The summed E-state index contributed by atoms with van der Waals surface area (Å²) in [5, 5.41) is 10.7. The van der Waals surface area contributed by atoms with E-state index < -0.39 is 6.10 Å². The predicted molar refractivity (Wildman–Crippen MR) is 101 cm³/mol. The molecule has 2 heteroatoms. The van der Waals surface area contributed by atoms with Gasteiger partial charge >= 0.3 is 0 Å². The Morgan fingerprint density at radius 1 is 0.955 bits per heavy atom. The molecule has 0 fully saturated rings. The van der Waals surface area contributed by atoms with Crippen molar-refractivity contribution in [3.05, 3.63) is 35.4 Å². The summed E-state index contributed by atoms with van der Waals surface area (Å²) in [5.74, 6) is 1.12. The molecule has 0 heterocycles. The van der Waals surface area contributed by atoms with Crippen LogP contribution in [0.5, 0.6) is 0 Å². The van der Waals surface area contributed by atoms with Gasteiger partial charge in [-0.2, -0.15) is 11.8 Å². The first-order valence-electron chi connectivity index (χ1n) is 8.92. The summed E-state index contributed by atoms with van der Waals surface area (Å²) in [6.45, 7) is 8.76. The average molecular weight is 323 g/mol. The highest BCUT2D eigenvalue weighted by Crippen LogP contribution is 2.37. The van der Waals surface area contributed by atoms with Crippen molar-refractivity contribution in [3.63, 3.8) is 0 Å². The lowest BCUT2D eigenvalue weighted by Gasteiger charge is -2.30. The van der Waals surface area contributed by atoms with Crippen LogP contribution in [0.1, 0.15) is 83.5 Å². The molecular formula is C20H34OS. The summed E-state index contributed by atoms with van der Waals surface area (Å²) in [6.07, 6.45) is 8.41. The molecule has 1 aromatic carbocycles. The Hall–Kier alpha value is -0.470. The van der Waals surface area contributed by atoms with E-state index in [1.165, 1.54) is 44.1 Å². The van der Waals surface area contributed by atoms with Gasteiger partial charge in [0.1, 0.15) is 0 Å². The first-order chi connectivity index (χ1) is 10.5. The van der Waals surface area contributed by atoms with E-state index in [0.717, 1.165) is 17.7 Å². The minimum Gasteiger partial charge on any atom is -0.387 e. The van der Waals surface area contributed by atoms with E-state index in [4.69, 9.17) is 0 Å². The predicted octanol–water partition coefficient (Wildman–Crippen LogP) is 6.15. The van der Waals surface area contributed by atoms with E-state index in [2.05, 4.69) is 52.0 Å². The molecule has 0 aromatic heterocycles. The van der Waals surface area contributed by atoms with E-state index in [-0.39, 0.29) is 4.75 Å². The zero-order valence-corrected chi connectivity index (χ0v) is 15.7. The minimum absolute atomic E-state index is 0.127. The monoisotopic (exact) mass is 322 g/mol. The molecule has 1 unspecified atom stereocenters. The fraction of sp³-hybridized carbons (Fsp3) is 0.700. The molecule has 0 amide bonds. The summed E-state index contributed by atoms with van der Waals surface area (Å²) in [5.41, 5.74) is 2.44. The first kappa shape index (κ1) is 19.6. The number of thioether (sulfide) groups is 1. The highest BCUT2D eigenvalue weighted by molar-refractivity contribution is 8.00. The maximum Gasteiger partial charge on any atom is 0.0931 e. The molecule has 1 N–H and O–H groups in total. The fourth-order valence-electron chi connectivity index (χ4n) is 2.58. The molecule has 0 saturated heterocycles. The highest BCUT2D eigenvalue weighted by atomic mass is 32.2. The Morgan fingerprint density at radius 3 is 2.18 bits per heavy atom. The van der Waals surface area contributed by atoms with E-state index in [1.54, 1.807) is 0 Å². The van der Waals surface area contributed by atoms with Crippen LogP contribution >= 0.6 is 11.8 Å². The highest BCUT2D eigenvalue weighted by Gasteiger charge is 2.29. The van der Waals surface area contributed by atoms with Crippen LogP contribution in [0.4, 0.5) is 0 Å². The van der Waals surface area contributed by atoms with Crippen molar-refractivity contribution in [2.45, 2.75) is 83.5 Å². The zero-order valence-electron chi connectivity index (χ0n) is 14.9. The van der Waals surface area contributed by atoms with Crippen molar-refractivity contribution in [1.29, 1.82) is 0 Å². The van der Waals surface area contributed by atoms with Gasteiger partial charge in [0.15, 0.2) is 0 Å². The quantitative estimate of drug-likeness (QED) is 0.493. The summed E-state index contributed by atoms with van der Waals surface area (Å²) in [7, 11) is 0. The largest absolute Gasteiger partial charge is 0.387 e. The van der Waals surface area contributed by atoms with Gasteiger partial charge in [-0.1, -0.05) is 63.8 Å². The molecule has 0 bridgehead atoms. The second kappa shape index (κ2) is 10.3. The van der Waals surface area contributed by atoms with Gasteiger partial charge in [-0.15, -0.1) is 0 Å². The Balaban J connectivity index is 2.53. The van der Waals surface area contributed by atoms with Crippen molar-refractivity contribution in [1.82, 2.24) is 0 Å². The zero-order chi connectivity index (χ0) is 16.4. The van der Waals surface area contributed by atoms with Crippen LogP contribution in [0.3, 0.4) is 0 Å². The van der Waals surface area contributed by atoms with E-state index in [0.29, 0.717) is 0 Å². The third-order valence-electron chi connectivity index (χ3n) is 4.24. The third-order valence-corrected chi connectivity index (χ3v) is 5.71. The number of benzene rings is 1. The van der Waals surface area contributed by atoms with Gasteiger partial charge in [0.25, 0.3) is 0 Å². The van der Waals surface area contributed by atoms with Crippen LogP contribution in [0.2, 0.25) is 0 Å². The van der Waals surface area contributed by atoms with E-state index in [1.807, 2.05) is 11.8 Å². The lowest BCUT2D eigenvalue weighted by molar-refractivity contribution is 0.144. The number of rotatable bonds is 11. The molecule has 126 valence electrons. The Bertz CT molecular complexity index is 397. The average Bonchev–Trinajstić information content (AvgIpc) is 2.51. The minimum atomic E-state index is -0.400. The van der Waals surface area contributed by atoms with E-state index >= 15 is 0 Å². The first-order valence-corrected chi connectivity index (χ1v) is 9.90. The second-order valence-corrected chi connectivity index (χ2v) is 8.51. The fourth-order valence-corrected chi connectivity index (χ4v) is 3.84. The van der Waals surface area contributed by atoms with Crippen molar-refractivity contribution in [2.75, 3.05) is 5.75 Å². The molecule has 0 spiro atoms.